The molecular formula is C18H19N2O2+. The predicted octanol–water partition coefficient (Wildman–Crippen LogP) is 1.26. The van der Waals surface area contributed by atoms with E-state index < -0.39 is 0 Å². The molecule has 2 aliphatic rings. The van der Waals surface area contributed by atoms with Gasteiger partial charge in [-0.2, -0.15) is 0 Å². The van der Waals surface area contributed by atoms with Crippen LogP contribution in [0.4, 0.5) is 5.69 Å². The van der Waals surface area contributed by atoms with E-state index in [0.29, 0.717) is 0 Å². The van der Waals surface area contributed by atoms with Gasteiger partial charge in [0.15, 0.2) is 0 Å². The number of esters is 1. The van der Waals surface area contributed by atoms with E-state index >= 15 is 0 Å². The highest BCUT2D eigenvalue weighted by Gasteiger charge is 2.39. The zero-order chi connectivity index (χ0) is 14.9. The number of para-hydroxylation sites is 1. The van der Waals surface area contributed by atoms with E-state index in [-0.39, 0.29) is 12.2 Å². The highest BCUT2D eigenvalue weighted by molar-refractivity contribution is 5.93. The van der Waals surface area contributed by atoms with E-state index in [4.69, 9.17) is 4.74 Å². The second-order valence-electron chi connectivity index (χ2n) is 5.85. The maximum Gasteiger partial charge on any atom is 0.343 e. The minimum atomic E-state index is -0.182. The first-order valence-electron chi connectivity index (χ1n) is 7.77. The van der Waals surface area contributed by atoms with Gasteiger partial charge in [-0.3, -0.25) is 4.90 Å². The molecule has 1 saturated heterocycles. The molecule has 22 heavy (non-hydrogen) atoms. The van der Waals surface area contributed by atoms with Gasteiger partial charge in [0.2, 0.25) is 0 Å². The van der Waals surface area contributed by atoms with E-state index in [1.807, 2.05) is 30.3 Å². The number of anilines is 1. The molecule has 0 spiro atoms. The minimum Gasteiger partial charge on any atom is -0.404 e. The molecule has 0 saturated carbocycles. The van der Waals surface area contributed by atoms with Gasteiger partial charge in [0, 0.05) is 5.69 Å². The number of cyclic esters (lactones) is 1. The van der Waals surface area contributed by atoms with Crippen molar-refractivity contribution in [1.29, 1.82) is 0 Å². The van der Waals surface area contributed by atoms with Crippen LogP contribution in [0, 0.1) is 0 Å². The topological polar surface area (TPSA) is 34.0 Å². The lowest BCUT2D eigenvalue weighted by Gasteiger charge is -2.35. The highest BCUT2D eigenvalue weighted by Crippen LogP contribution is 2.26. The molecule has 0 amide bonds. The van der Waals surface area contributed by atoms with Gasteiger partial charge in [0.25, 0.3) is 6.23 Å². The summed E-state index contributed by atoms with van der Waals surface area (Å²) in [5.41, 5.74) is 3.03. The van der Waals surface area contributed by atoms with Gasteiger partial charge >= 0.3 is 5.97 Å². The third-order valence-corrected chi connectivity index (χ3v) is 4.59. The van der Waals surface area contributed by atoms with Crippen molar-refractivity contribution in [2.45, 2.75) is 6.23 Å². The van der Waals surface area contributed by atoms with Crippen molar-refractivity contribution in [3.8, 4) is 0 Å². The molecule has 0 bridgehead atoms. The lowest BCUT2D eigenvalue weighted by molar-refractivity contribution is -0.952. The molecule has 1 N–H and O–H groups in total. The van der Waals surface area contributed by atoms with Crippen LogP contribution in [-0.2, 0) is 4.74 Å². The SMILES string of the molecule is O=C1O[C@@H]([NH+]2CCN(c3ccccc3)CC2)c2ccccc21. The second-order valence-corrected chi connectivity index (χ2v) is 5.85. The number of piperazine rings is 1. The van der Waals surface area contributed by atoms with E-state index in [1.54, 1.807) is 0 Å². The fourth-order valence-corrected chi connectivity index (χ4v) is 3.40. The Morgan fingerprint density at radius 2 is 1.64 bits per heavy atom. The maximum absolute atomic E-state index is 12.0. The van der Waals surface area contributed by atoms with Gasteiger partial charge in [-0.15, -0.1) is 0 Å². The molecule has 0 radical (unpaired) electrons. The van der Waals surface area contributed by atoms with Gasteiger partial charge in [-0.1, -0.05) is 30.3 Å². The third kappa shape index (κ3) is 2.25. The summed E-state index contributed by atoms with van der Waals surface area (Å²) in [6, 6.07) is 18.2. The van der Waals surface area contributed by atoms with E-state index in [0.717, 1.165) is 37.3 Å². The number of hydrogen-bond donors (Lipinski definition) is 1. The molecule has 1 fully saturated rings. The lowest BCUT2D eigenvalue weighted by atomic mass is 10.1. The molecule has 2 aromatic rings. The van der Waals surface area contributed by atoms with Crippen LogP contribution in [0.15, 0.2) is 54.6 Å². The van der Waals surface area contributed by atoms with Crippen LogP contribution in [0.25, 0.3) is 0 Å². The molecular weight excluding hydrogens is 276 g/mol. The largest absolute Gasteiger partial charge is 0.404 e. The van der Waals surface area contributed by atoms with Crippen LogP contribution < -0.4 is 9.80 Å². The number of nitrogens with one attached hydrogen (secondary N) is 1. The Kier molecular flexibility index (Phi) is 3.31. The molecule has 112 valence electrons. The normalized spacial score (nSPS) is 21.5. The first-order chi connectivity index (χ1) is 10.8. The Bertz CT molecular complexity index is 678. The Morgan fingerprint density at radius 3 is 2.41 bits per heavy atom. The van der Waals surface area contributed by atoms with E-state index in [1.165, 1.54) is 10.6 Å². The summed E-state index contributed by atoms with van der Waals surface area (Å²) in [7, 11) is 0. The molecule has 0 unspecified atom stereocenters. The fraction of sp³-hybridized carbons (Fsp3) is 0.278. The second kappa shape index (κ2) is 5.46. The smallest absolute Gasteiger partial charge is 0.343 e. The molecule has 0 aromatic heterocycles. The Balaban J connectivity index is 1.48. The summed E-state index contributed by atoms with van der Waals surface area (Å²) in [5.74, 6) is -0.182. The molecule has 4 nitrogen and oxygen atoms in total. The molecule has 4 heteroatoms. The monoisotopic (exact) mass is 295 g/mol. The average molecular weight is 295 g/mol. The number of carbonyl (C=O) groups is 1. The van der Waals surface area contributed by atoms with Crippen molar-refractivity contribution in [3.63, 3.8) is 0 Å². The number of nitrogens with zero attached hydrogens (tertiary/aromatic N) is 1. The molecule has 1 atom stereocenters. The number of ether oxygens (including phenoxy) is 1. The van der Waals surface area contributed by atoms with E-state index in [2.05, 4.69) is 29.2 Å². The van der Waals surface area contributed by atoms with Crippen molar-refractivity contribution < 1.29 is 14.4 Å². The van der Waals surface area contributed by atoms with Crippen molar-refractivity contribution in [2.75, 3.05) is 31.1 Å². The Morgan fingerprint density at radius 1 is 0.955 bits per heavy atom. The van der Waals surface area contributed by atoms with Crippen LogP contribution in [-0.4, -0.2) is 32.1 Å². The van der Waals surface area contributed by atoms with Crippen molar-refractivity contribution in [1.82, 2.24) is 0 Å². The molecule has 4 rings (SSSR count). The van der Waals surface area contributed by atoms with Crippen LogP contribution in [0.5, 0.6) is 0 Å². The average Bonchev–Trinajstić information content (AvgIpc) is 2.93. The number of hydrogen-bond acceptors (Lipinski definition) is 3. The van der Waals surface area contributed by atoms with Gasteiger partial charge in [0.1, 0.15) is 0 Å². The molecule has 2 aliphatic heterocycles. The number of benzene rings is 2. The van der Waals surface area contributed by atoms with Crippen LogP contribution in [0.3, 0.4) is 0 Å². The number of quaternary nitrogens is 1. The van der Waals surface area contributed by atoms with Crippen molar-refractivity contribution in [3.05, 3.63) is 65.7 Å². The molecule has 0 aliphatic carbocycles. The number of rotatable bonds is 2. The Labute approximate surface area is 129 Å². The zero-order valence-corrected chi connectivity index (χ0v) is 12.4. The lowest BCUT2D eigenvalue weighted by Crippen LogP contribution is -3.15. The van der Waals surface area contributed by atoms with Gasteiger partial charge in [-0.05, 0) is 24.3 Å². The first-order valence-corrected chi connectivity index (χ1v) is 7.77. The summed E-state index contributed by atoms with van der Waals surface area (Å²) in [6.07, 6.45) is -0.137. The summed E-state index contributed by atoms with van der Waals surface area (Å²) in [6.45, 7) is 3.91. The quantitative estimate of drug-likeness (QED) is 0.847. The number of carbonyl (C=O) groups excluding carboxylic acids is 1. The molecule has 2 aromatic carbocycles. The Hall–Kier alpha value is -2.33. The van der Waals surface area contributed by atoms with Gasteiger partial charge in [-0.25, -0.2) is 4.79 Å². The first kappa shape index (κ1) is 13.3. The van der Waals surface area contributed by atoms with Gasteiger partial charge in [0.05, 0.1) is 37.3 Å². The summed E-state index contributed by atoms with van der Waals surface area (Å²) in [4.78, 5) is 15.7. The summed E-state index contributed by atoms with van der Waals surface area (Å²) < 4.78 is 5.62. The summed E-state index contributed by atoms with van der Waals surface area (Å²) >= 11 is 0. The standard InChI is InChI=1S/C18H18N2O2/c21-18-16-9-5-4-8-15(16)17(22-18)20-12-10-19(11-13-20)14-6-2-1-3-7-14/h1-9,17H,10-13H2/p+1/t17-/m1/s1. The minimum absolute atomic E-state index is 0.137. The van der Waals surface area contributed by atoms with E-state index in [9.17, 15) is 4.79 Å². The summed E-state index contributed by atoms with van der Waals surface area (Å²) in [5, 5.41) is 0. The maximum atomic E-state index is 12.0. The molecule has 2 heterocycles. The fourth-order valence-electron chi connectivity index (χ4n) is 3.40. The van der Waals surface area contributed by atoms with Crippen molar-refractivity contribution in [2.24, 2.45) is 0 Å². The highest BCUT2D eigenvalue weighted by atomic mass is 16.6. The van der Waals surface area contributed by atoms with Crippen LogP contribution in [0.2, 0.25) is 0 Å². The zero-order valence-electron chi connectivity index (χ0n) is 12.4. The predicted molar refractivity (Wildman–Crippen MR) is 84.0 cm³/mol. The van der Waals surface area contributed by atoms with Crippen LogP contribution in [0.1, 0.15) is 22.1 Å². The third-order valence-electron chi connectivity index (χ3n) is 4.59. The van der Waals surface area contributed by atoms with Crippen LogP contribution >= 0.6 is 0 Å². The van der Waals surface area contributed by atoms with Gasteiger partial charge < -0.3 is 9.64 Å². The number of fused-ring (bicyclic) bond motifs is 1. The van der Waals surface area contributed by atoms with Crippen molar-refractivity contribution >= 4 is 11.7 Å².